The number of hydrogen-bond donors (Lipinski definition) is 1. The zero-order chi connectivity index (χ0) is 15.4. The molecule has 110 valence electrons. The molecule has 2 unspecified atom stereocenters. The largest absolute Gasteiger partial charge is 0.369 e. The maximum absolute atomic E-state index is 12.3. The third kappa shape index (κ3) is 3.67. The molecular formula is C16H19N3O2. The molecule has 21 heavy (non-hydrogen) atoms. The number of likely N-dealkylation sites (tertiary alicyclic amines) is 1. The Hall–Kier alpha value is -2.19. The van der Waals surface area contributed by atoms with E-state index in [0.717, 1.165) is 12.8 Å². The first-order valence-electron chi connectivity index (χ1n) is 7.08. The quantitative estimate of drug-likeness (QED) is 0.845. The van der Waals surface area contributed by atoms with E-state index >= 15 is 0 Å². The third-order valence-electron chi connectivity index (χ3n) is 4.10. The highest BCUT2D eigenvalue weighted by atomic mass is 16.1. The summed E-state index contributed by atoms with van der Waals surface area (Å²) in [6.45, 7) is 2.87. The number of carbonyl (C=O) groups is 2. The van der Waals surface area contributed by atoms with Crippen molar-refractivity contribution < 1.29 is 9.59 Å². The Morgan fingerprint density at radius 2 is 2.00 bits per heavy atom. The summed E-state index contributed by atoms with van der Waals surface area (Å²) in [4.78, 5) is 25.6. The first-order valence-corrected chi connectivity index (χ1v) is 7.08. The van der Waals surface area contributed by atoms with Gasteiger partial charge in [-0.05, 0) is 31.9 Å². The molecule has 0 radical (unpaired) electrons. The Balaban J connectivity index is 2.03. The monoisotopic (exact) mass is 285 g/mol. The molecule has 2 rings (SSSR count). The van der Waals surface area contributed by atoms with E-state index in [2.05, 4.69) is 6.92 Å². The van der Waals surface area contributed by atoms with Crippen LogP contribution < -0.4 is 5.73 Å². The Morgan fingerprint density at radius 3 is 2.57 bits per heavy atom. The van der Waals surface area contributed by atoms with E-state index in [9.17, 15) is 9.59 Å². The van der Waals surface area contributed by atoms with Gasteiger partial charge in [0.2, 0.25) is 5.91 Å². The van der Waals surface area contributed by atoms with Gasteiger partial charge in [-0.1, -0.05) is 12.1 Å². The Kier molecular flexibility index (Phi) is 4.71. The van der Waals surface area contributed by atoms with Crippen molar-refractivity contribution in [2.75, 3.05) is 13.1 Å². The van der Waals surface area contributed by atoms with Gasteiger partial charge in [0.05, 0.1) is 24.1 Å². The number of benzene rings is 1. The number of nitriles is 1. The van der Waals surface area contributed by atoms with Gasteiger partial charge in [0.25, 0.3) is 0 Å². The highest BCUT2D eigenvalue weighted by Gasteiger charge is 2.29. The molecule has 2 N–H and O–H groups in total. The van der Waals surface area contributed by atoms with Crippen LogP contribution in [0.15, 0.2) is 24.3 Å². The van der Waals surface area contributed by atoms with Gasteiger partial charge in [-0.25, -0.2) is 0 Å². The van der Waals surface area contributed by atoms with Gasteiger partial charge in [0, 0.05) is 18.2 Å². The minimum atomic E-state index is -0.294. The van der Waals surface area contributed by atoms with Crippen molar-refractivity contribution in [2.45, 2.75) is 25.8 Å². The molecule has 1 aromatic carbocycles. The molecule has 1 aromatic rings. The van der Waals surface area contributed by atoms with Gasteiger partial charge < -0.3 is 5.73 Å². The summed E-state index contributed by atoms with van der Waals surface area (Å²) in [5, 5.41) is 8.76. The second-order valence-electron chi connectivity index (χ2n) is 5.57. The van der Waals surface area contributed by atoms with Gasteiger partial charge in [0.1, 0.15) is 0 Å². The second kappa shape index (κ2) is 6.51. The summed E-state index contributed by atoms with van der Waals surface area (Å²) in [6, 6.07) is 8.90. The predicted molar refractivity (Wildman–Crippen MR) is 78.4 cm³/mol. The molecule has 0 bridgehead atoms. The molecule has 1 aliphatic rings. The molecular weight excluding hydrogens is 266 g/mol. The van der Waals surface area contributed by atoms with Gasteiger partial charge >= 0.3 is 0 Å². The van der Waals surface area contributed by atoms with E-state index < -0.39 is 0 Å². The minimum Gasteiger partial charge on any atom is -0.369 e. The number of nitrogens with zero attached hydrogens (tertiary/aromatic N) is 2. The number of piperidine rings is 1. The average Bonchev–Trinajstić information content (AvgIpc) is 2.49. The number of primary amides is 1. The van der Waals surface area contributed by atoms with E-state index in [1.807, 2.05) is 11.0 Å². The lowest BCUT2D eigenvalue weighted by Gasteiger charge is -2.36. The van der Waals surface area contributed by atoms with Gasteiger partial charge in [0.15, 0.2) is 5.78 Å². The van der Waals surface area contributed by atoms with Crippen LogP contribution in [0, 0.1) is 17.2 Å². The summed E-state index contributed by atoms with van der Waals surface area (Å²) in [5.74, 6) is -0.468. The van der Waals surface area contributed by atoms with Crippen LogP contribution in [-0.4, -0.2) is 35.7 Å². The minimum absolute atomic E-state index is 0.00328. The Morgan fingerprint density at radius 1 is 1.33 bits per heavy atom. The van der Waals surface area contributed by atoms with Crippen LogP contribution in [-0.2, 0) is 4.79 Å². The lowest BCUT2D eigenvalue weighted by molar-refractivity contribution is -0.123. The standard InChI is InChI=1S/C16H19N3O2/c1-11-2-5-14(16(18)21)9-19(11)10-15(20)13-6-3-12(8-17)4-7-13/h3-4,6-7,11,14H,2,5,9-10H2,1H3,(H2,18,21). The lowest BCUT2D eigenvalue weighted by Crippen LogP contribution is -2.47. The van der Waals surface area contributed by atoms with Crippen molar-refractivity contribution in [1.82, 2.24) is 4.90 Å². The van der Waals surface area contributed by atoms with E-state index in [-0.39, 0.29) is 30.2 Å². The second-order valence-corrected chi connectivity index (χ2v) is 5.57. The Bertz CT molecular complexity index is 574. The zero-order valence-electron chi connectivity index (χ0n) is 12.1. The van der Waals surface area contributed by atoms with Gasteiger partial charge in [-0.2, -0.15) is 5.26 Å². The van der Waals surface area contributed by atoms with Crippen molar-refractivity contribution in [3.63, 3.8) is 0 Å². The summed E-state index contributed by atoms with van der Waals surface area (Å²) in [7, 11) is 0. The predicted octanol–water partition coefficient (Wildman–Crippen LogP) is 1.33. The highest BCUT2D eigenvalue weighted by molar-refractivity contribution is 5.97. The summed E-state index contributed by atoms with van der Waals surface area (Å²) >= 11 is 0. The lowest BCUT2D eigenvalue weighted by atomic mass is 9.92. The summed E-state index contributed by atoms with van der Waals surface area (Å²) in [6.07, 6.45) is 1.66. The van der Waals surface area contributed by atoms with Crippen molar-refractivity contribution in [3.05, 3.63) is 35.4 Å². The van der Waals surface area contributed by atoms with Crippen LogP contribution >= 0.6 is 0 Å². The number of nitrogens with two attached hydrogens (primary N) is 1. The van der Waals surface area contributed by atoms with Gasteiger partial charge in [-0.15, -0.1) is 0 Å². The molecule has 5 heteroatoms. The average molecular weight is 285 g/mol. The molecule has 1 fully saturated rings. The fraction of sp³-hybridized carbons (Fsp3) is 0.438. The molecule has 2 atom stereocenters. The van der Waals surface area contributed by atoms with Crippen molar-refractivity contribution in [3.8, 4) is 6.07 Å². The number of ketones is 1. The molecule has 5 nitrogen and oxygen atoms in total. The van der Waals surface area contributed by atoms with Crippen molar-refractivity contribution >= 4 is 11.7 Å². The van der Waals surface area contributed by atoms with Crippen LogP contribution in [0.2, 0.25) is 0 Å². The third-order valence-corrected chi connectivity index (χ3v) is 4.10. The number of hydrogen-bond acceptors (Lipinski definition) is 4. The highest BCUT2D eigenvalue weighted by Crippen LogP contribution is 2.22. The topological polar surface area (TPSA) is 87.2 Å². The number of Topliss-reactive ketones (excluding diaryl/α,β-unsaturated/α-hetero) is 1. The van der Waals surface area contributed by atoms with Gasteiger partial charge in [-0.3, -0.25) is 14.5 Å². The molecule has 0 saturated carbocycles. The number of rotatable bonds is 4. The SMILES string of the molecule is CC1CCC(C(N)=O)CN1CC(=O)c1ccc(C#N)cc1. The number of carbonyl (C=O) groups excluding carboxylic acids is 2. The van der Waals surface area contributed by atoms with E-state index in [4.69, 9.17) is 11.0 Å². The maximum Gasteiger partial charge on any atom is 0.221 e. The van der Waals surface area contributed by atoms with E-state index in [1.165, 1.54) is 0 Å². The van der Waals surface area contributed by atoms with Crippen LogP contribution in [0.1, 0.15) is 35.7 Å². The first-order chi connectivity index (χ1) is 10.0. The molecule has 1 amide bonds. The molecule has 1 heterocycles. The first kappa shape index (κ1) is 15.2. The fourth-order valence-electron chi connectivity index (χ4n) is 2.64. The Labute approximate surface area is 124 Å². The fourth-order valence-corrected chi connectivity index (χ4v) is 2.64. The molecule has 0 spiro atoms. The summed E-state index contributed by atoms with van der Waals surface area (Å²) in [5.41, 5.74) is 6.49. The van der Waals surface area contributed by atoms with E-state index in [1.54, 1.807) is 24.3 Å². The van der Waals surface area contributed by atoms with Crippen molar-refractivity contribution in [1.29, 1.82) is 5.26 Å². The molecule has 0 aromatic heterocycles. The molecule has 0 aliphatic carbocycles. The maximum atomic E-state index is 12.3. The van der Waals surface area contributed by atoms with Crippen LogP contribution in [0.25, 0.3) is 0 Å². The van der Waals surface area contributed by atoms with Crippen molar-refractivity contribution in [2.24, 2.45) is 11.7 Å². The number of amides is 1. The summed E-state index contributed by atoms with van der Waals surface area (Å²) < 4.78 is 0. The zero-order valence-corrected chi connectivity index (χ0v) is 12.1. The molecule has 1 aliphatic heterocycles. The van der Waals surface area contributed by atoms with Crippen LogP contribution in [0.4, 0.5) is 0 Å². The van der Waals surface area contributed by atoms with Crippen LogP contribution in [0.3, 0.4) is 0 Å². The normalized spacial score (nSPS) is 22.5. The smallest absolute Gasteiger partial charge is 0.221 e. The van der Waals surface area contributed by atoms with Crippen LogP contribution in [0.5, 0.6) is 0 Å². The van der Waals surface area contributed by atoms with E-state index in [0.29, 0.717) is 17.7 Å². The molecule has 1 saturated heterocycles.